The summed E-state index contributed by atoms with van der Waals surface area (Å²) in [5, 5.41) is 6.07. The number of aromatic nitrogens is 2. The lowest BCUT2D eigenvalue weighted by molar-refractivity contribution is 0.603. The van der Waals surface area contributed by atoms with E-state index in [1.54, 1.807) is 18.3 Å². The van der Waals surface area contributed by atoms with Gasteiger partial charge in [-0.15, -0.1) is 11.3 Å². The first-order chi connectivity index (χ1) is 11.4. The summed E-state index contributed by atoms with van der Waals surface area (Å²) in [7, 11) is -3.59. The van der Waals surface area contributed by atoms with E-state index < -0.39 is 10.0 Å². The summed E-state index contributed by atoms with van der Waals surface area (Å²) in [6, 6.07) is 9.11. The van der Waals surface area contributed by atoms with Crippen molar-refractivity contribution in [2.45, 2.75) is 31.5 Å². The van der Waals surface area contributed by atoms with E-state index in [0.717, 1.165) is 28.9 Å². The second-order valence-electron chi connectivity index (χ2n) is 5.59. The van der Waals surface area contributed by atoms with Gasteiger partial charge < -0.3 is 0 Å². The van der Waals surface area contributed by atoms with E-state index >= 15 is 0 Å². The minimum atomic E-state index is -3.59. The molecule has 24 heavy (non-hydrogen) atoms. The standard InChI is InChI=1S/C17H19N3O2S2/c1-4-20-16(7-8-18-20)14-10-17(23-11-14)24(21,22)19-15-6-5-12(2)13(3)9-15/h5-11,19H,4H2,1-3H3. The number of aryl methyl sites for hydroxylation is 3. The molecule has 3 rings (SSSR count). The summed E-state index contributed by atoms with van der Waals surface area (Å²) in [4.78, 5) is 0. The number of rotatable bonds is 5. The Bertz CT molecular complexity index is 971. The monoisotopic (exact) mass is 361 g/mol. The SMILES string of the molecule is CCn1nccc1-c1csc(S(=O)(=O)Nc2ccc(C)c(C)c2)c1. The molecule has 0 spiro atoms. The Hall–Kier alpha value is -2.12. The molecule has 0 aliphatic heterocycles. The molecule has 126 valence electrons. The Morgan fingerprint density at radius 3 is 2.67 bits per heavy atom. The topological polar surface area (TPSA) is 64.0 Å². The maximum atomic E-state index is 12.6. The second kappa shape index (κ2) is 6.41. The first-order valence-electron chi connectivity index (χ1n) is 7.61. The van der Waals surface area contributed by atoms with Crippen molar-refractivity contribution in [3.8, 4) is 11.3 Å². The minimum absolute atomic E-state index is 0.291. The third-order valence-electron chi connectivity index (χ3n) is 3.91. The predicted molar refractivity (Wildman–Crippen MR) is 97.9 cm³/mol. The van der Waals surface area contributed by atoms with E-state index in [0.29, 0.717) is 9.90 Å². The maximum absolute atomic E-state index is 12.6. The van der Waals surface area contributed by atoms with E-state index in [4.69, 9.17) is 0 Å². The molecule has 0 saturated heterocycles. The van der Waals surface area contributed by atoms with Gasteiger partial charge in [-0.05, 0) is 56.2 Å². The number of benzene rings is 1. The molecule has 1 N–H and O–H groups in total. The molecule has 3 aromatic rings. The molecule has 0 aliphatic rings. The van der Waals surface area contributed by atoms with Crippen LogP contribution in [0.25, 0.3) is 11.3 Å². The van der Waals surface area contributed by atoms with Crippen LogP contribution in [0.5, 0.6) is 0 Å². The van der Waals surface area contributed by atoms with Crippen molar-refractivity contribution in [3.05, 3.63) is 53.0 Å². The van der Waals surface area contributed by atoms with Gasteiger partial charge in [-0.3, -0.25) is 9.40 Å². The molecule has 0 fully saturated rings. The lowest BCUT2D eigenvalue weighted by Gasteiger charge is -2.08. The molecular weight excluding hydrogens is 342 g/mol. The van der Waals surface area contributed by atoms with Crippen molar-refractivity contribution in [3.63, 3.8) is 0 Å². The zero-order valence-electron chi connectivity index (χ0n) is 13.8. The van der Waals surface area contributed by atoms with E-state index in [1.165, 1.54) is 11.3 Å². The Morgan fingerprint density at radius 2 is 1.96 bits per heavy atom. The summed E-state index contributed by atoms with van der Waals surface area (Å²) >= 11 is 1.21. The van der Waals surface area contributed by atoms with Crippen LogP contribution in [0.3, 0.4) is 0 Å². The van der Waals surface area contributed by atoms with Crippen LogP contribution in [0.2, 0.25) is 0 Å². The molecule has 0 amide bonds. The summed E-state index contributed by atoms with van der Waals surface area (Å²) in [5.41, 5.74) is 4.53. The molecule has 0 unspecified atom stereocenters. The van der Waals surface area contributed by atoms with E-state index in [2.05, 4.69) is 9.82 Å². The summed E-state index contributed by atoms with van der Waals surface area (Å²) in [6.07, 6.45) is 1.72. The lowest BCUT2D eigenvalue weighted by Crippen LogP contribution is -2.11. The van der Waals surface area contributed by atoms with Crippen molar-refractivity contribution >= 4 is 27.0 Å². The second-order valence-corrected chi connectivity index (χ2v) is 8.41. The van der Waals surface area contributed by atoms with Crippen molar-refractivity contribution in [1.82, 2.24) is 9.78 Å². The largest absolute Gasteiger partial charge is 0.279 e. The highest BCUT2D eigenvalue weighted by Gasteiger charge is 2.18. The average molecular weight is 361 g/mol. The predicted octanol–water partition coefficient (Wildman–Crippen LogP) is 4.05. The number of sulfonamides is 1. The van der Waals surface area contributed by atoms with Crippen LogP contribution in [-0.2, 0) is 16.6 Å². The number of nitrogens with one attached hydrogen (secondary N) is 1. The molecule has 0 aliphatic carbocycles. The Labute approximate surface area is 146 Å². The highest BCUT2D eigenvalue weighted by atomic mass is 32.2. The third kappa shape index (κ3) is 3.22. The van der Waals surface area contributed by atoms with Crippen LogP contribution >= 0.6 is 11.3 Å². The smallest absolute Gasteiger partial charge is 0.271 e. The number of hydrogen-bond donors (Lipinski definition) is 1. The number of thiophene rings is 1. The van der Waals surface area contributed by atoms with Gasteiger partial charge in [0.2, 0.25) is 0 Å². The van der Waals surface area contributed by atoms with Crippen LogP contribution in [-0.4, -0.2) is 18.2 Å². The van der Waals surface area contributed by atoms with Gasteiger partial charge in [0.15, 0.2) is 0 Å². The van der Waals surface area contributed by atoms with Gasteiger partial charge in [0.25, 0.3) is 10.0 Å². The average Bonchev–Trinajstić information content (AvgIpc) is 3.18. The van der Waals surface area contributed by atoms with Crippen LogP contribution in [0.1, 0.15) is 18.1 Å². The van der Waals surface area contributed by atoms with Crippen molar-refractivity contribution in [2.75, 3.05) is 4.72 Å². The molecular formula is C17H19N3O2S2. The summed E-state index contributed by atoms with van der Waals surface area (Å²) in [6.45, 7) is 6.70. The molecule has 5 nitrogen and oxygen atoms in total. The van der Waals surface area contributed by atoms with E-state index in [9.17, 15) is 8.42 Å². The Balaban J connectivity index is 1.89. The Morgan fingerprint density at radius 1 is 1.17 bits per heavy atom. The van der Waals surface area contributed by atoms with Gasteiger partial charge in [-0.1, -0.05) is 6.07 Å². The van der Waals surface area contributed by atoms with Crippen LogP contribution in [0, 0.1) is 13.8 Å². The normalized spacial score (nSPS) is 11.6. The molecule has 2 aromatic heterocycles. The zero-order valence-corrected chi connectivity index (χ0v) is 15.4. The maximum Gasteiger partial charge on any atom is 0.271 e. The number of anilines is 1. The zero-order chi connectivity index (χ0) is 17.3. The van der Waals surface area contributed by atoms with Crippen molar-refractivity contribution < 1.29 is 8.42 Å². The van der Waals surface area contributed by atoms with Crippen LogP contribution < -0.4 is 4.72 Å². The van der Waals surface area contributed by atoms with Crippen molar-refractivity contribution in [1.29, 1.82) is 0 Å². The van der Waals surface area contributed by atoms with E-state index in [1.807, 2.05) is 49.0 Å². The first kappa shape index (κ1) is 16.7. The van der Waals surface area contributed by atoms with Gasteiger partial charge in [0.1, 0.15) is 4.21 Å². The Kier molecular flexibility index (Phi) is 4.47. The molecule has 0 saturated carbocycles. The van der Waals surface area contributed by atoms with Crippen LogP contribution in [0.4, 0.5) is 5.69 Å². The van der Waals surface area contributed by atoms with Gasteiger partial charge in [0, 0.05) is 29.4 Å². The minimum Gasteiger partial charge on any atom is -0.279 e. The van der Waals surface area contributed by atoms with Gasteiger partial charge in [-0.25, -0.2) is 8.42 Å². The molecule has 0 bridgehead atoms. The molecule has 1 aromatic carbocycles. The molecule has 0 atom stereocenters. The summed E-state index contributed by atoms with van der Waals surface area (Å²) < 4.78 is 30.0. The fourth-order valence-corrected chi connectivity index (χ4v) is 4.65. The van der Waals surface area contributed by atoms with Gasteiger partial charge in [-0.2, -0.15) is 5.10 Å². The highest BCUT2D eigenvalue weighted by molar-refractivity contribution is 7.94. The molecule has 2 heterocycles. The number of hydrogen-bond acceptors (Lipinski definition) is 4. The molecule has 7 heteroatoms. The lowest BCUT2D eigenvalue weighted by atomic mass is 10.1. The quantitative estimate of drug-likeness (QED) is 0.746. The van der Waals surface area contributed by atoms with Crippen molar-refractivity contribution in [2.24, 2.45) is 0 Å². The first-order valence-corrected chi connectivity index (χ1v) is 9.98. The highest BCUT2D eigenvalue weighted by Crippen LogP contribution is 2.29. The third-order valence-corrected chi connectivity index (χ3v) is 6.73. The fraction of sp³-hybridized carbons (Fsp3) is 0.235. The molecule has 0 radical (unpaired) electrons. The number of nitrogens with zero attached hydrogens (tertiary/aromatic N) is 2. The summed E-state index contributed by atoms with van der Waals surface area (Å²) in [5.74, 6) is 0. The fourth-order valence-electron chi connectivity index (χ4n) is 2.43. The van der Waals surface area contributed by atoms with E-state index in [-0.39, 0.29) is 0 Å². The van der Waals surface area contributed by atoms with Gasteiger partial charge >= 0.3 is 0 Å². The van der Waals surface area contributed by atoms with Gasteiger partial charge in [0.05, 0.1) is 5.69 Å². The van der Waals surface area contributed by atoms with Crippen LogP contribution in [0.15, 0.2) is 46.1 Å².